The third-order valence-corrected chi connectivity index (χ3v) is 6.94. The molecule has 4 rings (SSSR count). The van der Waals surface area contributed by atoms with Crippen molar-refractivity contribution in [3.05, 3.63) is 65.2 Å². The minimum atomic E-state index is -3.83. The lowest BCUT2D eigenvalue weighted by molar-refractivity contribution is 0.247. The van der Waals surface area contributed by atoms with Crippen molar-refractivity contribution in [2.45, 2.75) is 11.4 Å². The van der Waals surface area contributed by atoms with Crippen molar-refractivity contribution >= 4 is 27.0 Å². The molecular weight excluding hydrogens is 418 g/mol. The Morgan fingerprint density at radius 2 is 1.83 bits per heavy atom. The van der Waals surface area contributed by atoms with Crippen LogP contribution in [0, 0.1) is 11.3 Å². The summed E-state index contributed by atoms with van der Waals surface area (Å²) in [5.41, 5.74) is 3.25. The van der Waals surface area contributed by atoms with Gasteiger partial charge in [0, 0.05) is 43.7 Å². The predicted molar refractivity (Wildman–Crippen MR) is 118 cm³/mol. The van der Waals surface area contributed by atoms with E-state index in [1.807, 2.05) is 18.2 Å². The lowest BCUT2D eigenvalue weighted by Crippen LogP contribution is -2.46. The highest BCUT2D eigenvalue weighted by molar-refractivity contribution is 7.89. The average Bonchev–Trinajstić information content (AvgIpc) is 3.22. The monoisotopic (exact) mass is 439 g/mol. The number of benzene rings is 2. The summed E-state index contributed by atoms with van der Waals surface area (Å²) in [6.45, 7) is 3.95. The van der Waals surface area contributed by atoms with Crippen LogP contribution < -0.4 is 10.0 Å². The van der Waals surface area contributed by atoms with E-state index in [1.165, 1.54) is 12.1 Å². The van der Waals surface area contributed by atoms with E-state index < -0.39 is 10.0 Å². The normalized spacial score (nSPS) is 15.1. The number of nitrogens with zero attached hydrogens (tertiary/aromatic N) is 4. The van der Waals surface area contributed by atoms with Crippen LogP contribution in [0.4, 0.5) is 5.69 Å². The highest BCUT2D eigenvalue weighted by atomic mass is 32.2. The van der Waals surface area contributed by atoms with Gasteiger partial charge in [0.1, 0.15) is 11.1 Å². The summed E-state index contributed by atoms with van der Waals surface area (Å²) < 4.78 is 23.1. The first-order valence-electron chi connectivity index (χ1n) is 9.48. The van der Waals surface area contributed by atoms with Crippen LogP contribution in [0.15, 0.2) is 58.8 Å². The van der Waals surface area contributed by atoms with Gasteiger partial charge in [0.25, 0.3) is 0 Å². The number of piperazine rings is 1. The Morgan fingerprint density at radius 1 is 1.10 bits per heavy atom. The second-order valence-electron chi connectivity index (χ2n) is 7.11. The Labute approximate surface area is 180 Å². The predicted octanol–water partition coefficient (Wildman–Crippen LogP) is 2.65. The first kappa shape index (κ1) is 20.5. The zero-order chi connectivity index (χ0) is 21.1. The van der Waals surface area contributed by atoms with Gasteiger partial charge in [-0.1, -0.05) is 30.3 Å². The summed E-state index contributed by atoms with van der Waals surface area (Å²) in [5, 5.41) is 17.8. The SMILES string of the molecule is N#Cc1cc(S(N)(=O)=O)ccc1N1CCN(Cc2csc(-c3ccccc3)n2)CC1. The van der Waals surface area contributed by atoms with Crippen molar-refractivity contribution < 1.29 is 8.42 Å². The molecule has 1 aliphatic heterocycles. The van der Waals surface area contributed by atoms with Crippen LogP contribution in [0.2, 0.25) is 0 Å². The molecular formula is C21H21N5O2S2. The average molecular weight is 440 g/mol. The maximum atomic E-state index is 11.5. The first-order valence-corrected chi connectivity index (χ1v) is 11.9. The van der Waals surface area contributed by atoms with Gasteiger partial charge in [-0.25, -0.2) is 18.5 Å². The molecule has 0 radical (unpaired) electrons. The lowest BCUT2D eigenvalue weighted by atomic mass is 10.1. The molecule has 0 unspecified atom stereocenters. The molecule has 154 valence electrons. The van der Waals surface area contributed by atoms with E-state index in [0.29, 0.717) is 5.56 Å². The number of rotatable bonds is 5. The van der Waals surface area contributed by atoms with Crippen molar-refractivity contribution in [2.24, 2.45) is 5.14 Å². The molecule has 1 fully saturated rings. The molecule has 30 heavy (non-hydrogen) atoms. The van der Waals surface area contributed by atoms with Gasteiger partial charge in [0.15, 0.2) is 0 Å². The van der Waals surface area contributed by atoms with E-state index in [4.69, 9.17) is 10.1 Å². The fraction of sp³-hybridized carbons (Fsp3) is 0.238. The van der Waals surface area contributed by atoms with Gasteiger partial charge in [0.2, 0.25) is 10.0 Å². The van der Waals surface area contributed by atoms with E-state index in [-0.39, 0.29) is 4.90 Å². The summed E-state index contributed by atoms with van der Waals surface area (Å²) in [7, 11) is -3.83. The summed E-state index contributed by atoms with van der Waals surface area (Å²) >= 11 is 1.65. The molecule has 2 aromatic carbocycles. The van der Waals surface area contributed by atoms with Crippen molar-refractivity contribution in [1.82, 2.24) is 9.88 Å². The Morgan fingerprint density at radius 3 is 2.50 bits per heavy atom. The van der Waals surface area contributed by atoms with Crippen molar-refractivity contribution in [3.8, 4) is 16.6 Å². The Kier molecular flexibility index (Phi) is 5.83. The lowest BCUT2D eigenvalue weighted by Gasteiger charge is -2.36. The quantitative estimate of drug-likeness (QED) is 0.656. The number of hydrogen-bond donors (Lipinski definition) is 1. The highest BCUT2D eigenvalue weighted by Gasteiger charge is 2.21. The topological polar surface area (TPSA) is 103 Å². The van der Waals surface area contributed by atoms with Gasteiger partial charge in [0.05, 0.1) is 21.8 Å². The van der Waals surface area contributed by atoms with E-state index >= 15 is 0 Å². The summed E-state index contributed by atoms with van der Waals surface area (Å²) in [6.07, 6.45) is 0. The minimum Gasteiger partial charge on any atom is -0.368 e. The molecule has 2 N–H and O–H groups in total. The maximum absolute atomic E-state index is 11.5. The third-order valence-electron chi connectivity index (χ3n) is 5.09. The first-order chi connectivity index (χ1) is 14.4. The van der Waals surface area contributed by atoms with Crippen LogP contribution in [0.3, 0.4) is 0 Å². The van der Waals surface area contributed by atoms with Crippen molar-refractivity contribution in [1.29, 1.82) is 5.26 Å². The number of aromatic nitrogens is 1. The van der Waals surface area contributed by atoms with Gasteiger partial charge < -0.3 is 4.90 Å². The van der Waals surface area contributed by atoms with E-state index in [2.05, 4.69) is 33.4 Å². The molecule has 0 atom stereocenters. The minimum absolute atomic E-state index is 0.0424. The maximum Gasteiger partial charge on any atom is 0.238 e. The van der Waals surface area contributed by atoms with Crippen LogP contribution in [0.1, 0.15) is 11.3 Å². The number of nitriles is 1. The van der Waals surface area contributed by atoms with Gasteiger partial charge in [-0.05, 0) is 18.2 Å². The van der Waals surface area contributed by atoms with Gasteiger partial charge in [-0.2, -0.15) is 5.26 Å². The molecule has 7 nitrogen and oxygen atoms in total. The molecule has 0 aliphatic carbocycles. The standard InChI is InChI=1S/C21H21N5O2S2/c22-13-17-12-19(30(23,27)28)6-7-20(17)26-10-8-25(9-11-26)14-18-15-29-21(24-18)16-4-2-1-3-5-16/h1-7,12,15H,8-11,14H2,(H2,23,27,28). The van der Waals surface area contributed by atoms with Crippen LogP contribution in [-0.2, 0) is 16.6 Å². The molecule has 0 spiro atoms. The number of anilines is 1. The molecule has 1 aliphatic rings. The van der Waals surface area contributed by atoms with Gasteiger partial charge in [-0.3, -0.25) is 4.90 Å². The molecule has 0 saturated carbocycles. The highest BCUT2D eigenvalue weighted by Crippen LogP contribution is 2.26. The van der Waals surface area contributed by atoms with E-state index in [9.17, 15) is 13.7 Å². The van der Waals surface area contributed by atoms with Crippen LogP contribution >= 0.6 is 11.3 Å². The molecule has 0 bridgehead atoms. The fourth-order valence-corrected chi connectivity index (χ4v) is 4.88. The summed E-state index contributed by atoms with van der Waals surface area (Å²) in [6, 6.07) is 16.7. The van der Waals surface area contributed by atoms with Crippen molar-refractivity contribution in [3.63, 3.8) is 0 Å². The van der Waals surface area contributed by atoms with Crippen LogP contribution in [0.5, 0.6) is 0 Å². The molecule has 0 amide bonds. The van der Waals surface area contributed by atoms with Crippen LogP contribution in [-0.4, -0.2) is 44.5 Å². The number of sulfonamides is 1. The number of thiazole rings is 1. The summed E-state index contributed by atoms with van der Waals surface area (Å²) in [5.74, 6) is 0. The van der Waals surface area contributed by atoms with Gasteiger partial charge in [-0.15, -0.1) is 11.3 Å². The Bertz CT molecular complexity index is 1180. The third kappa shape index (κ3) is 4.52. The number of primary sulfonamides is 1. The largest absolute Gasteiger partial charge is 0.368 e. The second kappa shape index (κ2) is 8.53. The molecule has 1 saturated heterocycles. The number of nitrogens with two attached hydrogens (primary N) is 1. The van der Waals surface area contributed by atoms with Crippen molar-refractivity contribution in [2.75, 3.05) is 31.1 Å². The Balaban J connectivity index is 1.40. The zero-order valence-corrected chi connectivity index (χ0v) is 17.9. The summed E-state index contributed by atoms with van der Waals surface area (Å²) in [4.78, 5) is 9.17. The molecule has 1 aromatic heterocycles. The van der Waals surface area contributed by atoms with E-state index in [1.54, 1.807) is 17.4 Å². The fourth-order valence-electron chi connectivity index (χ4n) is 3.53. The van der Waals surface area contributed by atoms with Gasteiger partial charge >= 0.3 is 0 Å². The van der Waals surface area contributed by atoms with E-state index in [0.717, 1.165) is 54.7 Å². The van der Waals surface area contributed by atoms with Crippen LogP contribution in [0.25, 0.3) is 10.6 Å². The molecule has 9 heteroatoms. The zero-order valence-electron chi connectivity index (χ0n) is 16.2. The Hall–Kier alpha value is -2.77. The molecule has 2 heterocycles. The smallest absolute Gasteiger partial charge is 0.238 e. The second-order valence-corrected chi connectivity index (χ2v) is 9.53. The molecule has 3 aromatic rings. The number of hydrogen-bond acceptors (Lipinski definition) is 7.